The van der Waals surface area contributed by atoms with Crippen LogP contribution >= 0.6 is 46.9 Å². The van der Waals surface area contributed by atoms with E-state index in [2.05, 4.69) is 10.3 Å². The van der Waals surface area contributed by atoms with Gasteiger partial charge in [-0.3, -0.25) is 9.79 Å². The van der Waals surface area contributed by atoms with Gasteiger partial charge < -0.3 is 15.1 Å². The fourth-order valence-electron chi connectivity index (χ4n) is 2.18. The summed E-state index contributed by atoms with van der Waals surface area (Å²) in [5.74, 6) is 0.879. The first-order chi connectivity index (χ1) is 11.0. The first-order valence-corrected chi connectivity index (χ1v) is 9.22. The Labute approximate surface area is 171 Å². The van der Waals surface area contributed by atoms with Gasteiger partial charge in [-0.25, -0.2) is 0 Å². The minimum atomic E-state index is 0. The summed E-state index contributed by atoms with van der Waals surface area (Å²) in [5, 5.41) is 3.24. The van der Waals surface area contributed by atoms with Gasteiger partial charge in [0.25, 0.3) is 0 Å². The maximum absolute atomic E-state index is 12.2. The van der Waals surface area contributed by atoms with Gasteiger partial charge in [0.05, 0.1) is 10.9 Å². The highest BCUT2D eigenvalue weighted by molar-refractivity contribution is 14.0. The summed E-state index contributed by atoms with van der Waals surface area (Å²) in [6.45, 7) is 9.25. The van der Waals surface area contributed by atoms with Crippen molar-refractivity contribution in [2.45, 2.75) is 27.2 Å². The molecule has 1 heterocycles. The molecule has 0 aliphatic carbocycles. The average molecular weight is 487 g/mol. The zero-order valence-electron chi connectivity index (χ0n) is 14.8. The Balaban J connectivity index is 0.00000529. The molecule has 0 fully saturated rings. The molecule has 0 unspecified atom stereocenters. The molecule has 0 atom stereocenters. The van der Waals surface area contributed by atoms with Crippen LogP contribution in [0.5, 0.6) is 0 Å². The monoisotopic (exact) mass is 486 g/mol. The third-order valence-corrected chi connectivity index (χ3v) is 4.72. The fraction of sp³-hybridized carbons (Fsp3) is 0.625. The van der Waals surface area contributed by atoms with Crippen LogP contribution in [0.15, 0.2) is 17.1 Å². The molecule has 1 aromatic heterocycles. The summed E-state index contributed by atoms with van der Waals surface area (Å²) in [4.78, 5) is 21.7. The van der Waals surface area contributed by atoms with Crippen molar-refractivity contribution in [1.82, 2.24) is 15.1 Å². The quantitative estimate of drug-likeness (QED) is 0.348. The Morgan fingerprint density at radius 1 is 1.29 bits per heavy atom. The van der Waals surface area contributed by atoms with Gasteiger partial charge in [-0.15, -0.1) is 35.3 Å². The number of guanidine groups is 1. The molecule has 0 saturated heterocycles. The number of halogens is 2. The van der Waals surface area contributed by atoms with Crippen LogP contribution in [0.2, 0.25) is 4.34 Å². The standard InChI is InChI=1S/C16H27ClN4OS.HI/c1-5-18-16(19-11-10-13-8-9-14(17)23-13)20(4)12-15(22)21(6-2)7-3;/h8-9H,5-7,10-12H2,1-4H3,(H,18,19);1H. The van der Waals surface area contributed by atoms with Crippen LogP contribution in [0.25, 0.3) is 0 Å². The van der Waals surface area contributed by atoms with E-state index < -0.39 is 0 Å². The molecule has 0 aliphatic heterocycles. The van der Waals surface area contributed by atoms with Crippen molar-refractivity contribution in [3.05, 3.63) is 21.3 Å². The van der Waals surface area contributed by atoms with E-state index in [1.165, 1.54) is 4.88 Å². The maximum atomic E-state index is 12.2. The second-order valence-electron chi connectivity index (χ2n) is 5.11. The highest BCUT2D eigenvalue weighted by atomic mass is 127. The number of amides is 1. The van der Waals surface area contributed by atoms with Gasteiger partial charge in [-0.05, 0) is 32.9 Å². The van der Waals surface area contributed by atoms with Gasteiger partial charge in [0, 0.05) is 44.5 Å². The normalized spacial score (nSPS) is 11.0. The maximum Gasteiger partial charge on any atom is 0.242 e. The lowest BCUT2D eigenvalue weighted by Gasteiger charge is -2.25. The minimum Gasteiger partial charge on any atom is -0.357 e. The number of nitrogens with one attached hydrogen (secondary N) is 1. The van der Waals surface area contributed by atoms with E-state index in [1.807, 2.05) is 49.8 Å². The van der Waals surface area contributed by atoms with Crippen molar-refractivity contribution in [3.8, 4) is 0 Å². The van der Waals surface area contributed by atoms with Crippen LogP contribution in [0.4, 0.5) is 0 Å². The van der Waals surface area contributed by atoms with Gasteiger partial charge >= 0.3 is 0 Å². The van der Waals surface area contributed by atoms with Gasteiger partial charge in [0.15, 0.2) is 5.96 Å². The number of hydrogen-bond acceptors (Lipinski definition) is 3. The van der Waals surface area contributed by atoms with E-state index in [4.69, 9.17) is 11.6 Å². The smallest absolute Gasteiger partial charge is 0.242 e. The summed E-state index contributed by atoms with van der Waals surface area (Å²) in [6, 6.07) is 3.94. The van der Waals surface area contributed by atoms with Crippen LogP contribution in [0.3, 0.4) is 0 Å². The van der Waals surface area contributed by atoms with Crippen molar-refractivity contribution in [1.29, 1.82) is 0 Å². The molecule has 24 heavy (non-hydrogen) atoms. The molecule has 0 aromatic carbocycles. The molecule has 1 amide bonds. The minimum absolute atomic E-state index is 0. The molecule has 1 aromatic rings. The number of rotatable bonds is 8. The molecule has 0 radical (unpaired) electrons. The molecule has 8 heteroatoms. The Hall–Kier alpha value is -0.540. The molecule has 1 rings (SSSR count). The predicted octanol–water partition coefficient (Wildman–Crippen LogP) is 3.33. The van der Waals surface area contributed by atoms with Crippen molar-refractivity contribution in [2.24, 2.45) is 4.99 Å². The molecule has 0 bridgehead atoms. The van der Waals surface area contributed by atoms with Crippen molar-refractivity contribution < 1.29 is 4.79 Å². The predicted molar refractivity (Wildman–Crippen MR) is 115 cm³/mol. The molecule has 138 valence electrons. The average Bonchev–Trinajstić information content (AvgIpc) is 2.93. The summed E-state index contributed by atoms with van der Waals surface area (Å²) in [5.41, 5.74) is 0. The molecule has 0 aliphatic rings. The first kappa shape index (κ1) is 23.5. The van der Waals surface area contributed by atoms with E-state index >= 15 is 0 Å². The molecule has 1 N–H and O–H groups in total. The second kappa shape index (κ2) is 12.8. The summed E-state index contributed by atoms with van der Waals surface area (Å²) >= 11 is 7.52. The van der Waals surface area contributed by atoms with Crippen molar-refractivity contribution >= 4 is 58.8 Å². The Kier molecular flexibility index (Phi) is 12.5. The van der Waals surface area contributed by atoms with Gasteiger partial charge in [-0.2, -0.15) is 0 Å². The van der Waals surface area contributed by atoms with Gasteiger partial charge in [-0.1, -0.05) is 11.6 Å². The van der Waals surface area contributed by atoms with Crippen LogP contribution in [-0.4, -0.2) is 61.4 Å². The van der Waals surface area contributed by atoms with Crippen LogP contribution in [-0.2, 0) is 11.2 Å². The molecular formula is C16H28ClIN4OS. The SMILES string of the molecule is CCNC(=NCCc1ccc(Cl)s1)N(C)CC(=O)N(CC)CC.I. The van der Waals surface area contributed by atoms with E-state index in [-0.39, 0.29) is 29.9 Å². The highest BCUT2D eigenvalue weighted by Gasteiger charge is 2.14. The Bertz CT molecular complexity index is 520. The van der Waals surface area contributed by atoms with Crippen LogP contribution in [0.1, 0.15) is 25.6 Å². The number of carbonyl (C=O) groups excluding carboxylic acids is 1. The van der Waals surface area contributed by atoms with Crippen LogP contribution < -0.4 is 5.32 Å². The Morgan fingerprint density at radius 3 is 2.46 bits per heavy atom. The summed E-state index contributed by atoms with van der Waals surface area (Å²) in [7, 11) is 1.89. The molecular weight excluding hydrogens is 459 g/mol. The zero-order chi connectivity index (χ0) is 17.2. The summed E-state index contributed by atoms with van der Waals surface area (Å²) < 4.78 is 0.804. The number of aliphatic imine (C=N–C) groups is 1. The van der Waals surface area contributed by atoms with Gasteiger partial charge in [0.2, 0.25) is 5.91 Å². The number of thiophene rings is 1. The lowest BCUT2D eigenvalue weighted by Crippen LogP contribution is -2.45. The molecule has 0 saturated carbocycles. The third-order valence-electron chi connectivity index (χ3n) is 3.43. The van der Waals surface area contributed by atoms with Crippen molar-refractivity contribution in [2.75, 3.05) is 39.8 Å². The van der Waals surface area contributed by atoms with E-state index in [1.54, 1.807) is 11.3 Å². The van der Waals surface area contributed by atoms with Gasteiger partial charge in [0.1, 0.15) is 0 Å². The first-order valence-electron chi connectivity index (χ1n) is 8.03. The summed E-state index contributed by atoms with van der Waals surface area (Å²) in [6.07, 6.45) is 0.851. The van der Waals surface area contributed by atoms with E-state index in [0.717, 1.165) is 36.4 Å². The highest BCUT2D eigenvalue weighted by Crippen LogP contribution is 2.21. The lowest BCUT2D eigenvalue weighted by molar-refractivity contribution is -0.131. The third kappa shape index (κ3) is 8.02. The number of nitrogens with zero attached hydrogens (tertiary/aromatic N) is 3. The van der Waals surface area contributed by atoms with E-state index in [0.29, 0.717) is 13.1 Å². The molecule has 0 spiro atoms. The number of likely N-dealkylation sites (N-methyl/N-ethyl adjacent to an activating group) is 2. The topological polar surface area (TPSA) is 47.9 Å². The van der Waals surface area contributed by atoms with Crippen LogP contribution in [0, 0.1) is 0 Å². The lowest BCUT2D eigenvalue weighted by atomic mass is 10.3. The number of carbonyl (C=O) groups is 1. The largest absolute Gasteiger partial charge is 0.357 e. The second-order valence-corrected chi connectivity index (χ2v) is 6.91. The fourth-order valence-corrected chi connectivity index (χ4v) is 3.26. The Morgan fingerprint density at radius 2 is 1.96 bits per heavy atom. The van der Waals surface area contributed by atoms with Crippen molar-refractivity contribution in [3.63, 3.8) is 0 Å². The number of hydrogen-bond donors (Lipinski definition) is 1. The zero-order valence-corrected chi connectivity index (χ0v) is 18.7. The van der Waals surface area contributed by atoms with E-state index in [9.17, 15) is 4.79 Å². The molecule has 5 nitrogen and oxygen atoms in total.